The molecule has 0 aromatic heterocycles. The number of carboxylic acid groups (broad SMARTS) is 1. The van der Waals surface area contributed by atoms with Crippen LogP contribution in [0.3, 0.4) is 0 Å². The Labute approximate surface area is 170 Å². The first kappa shape index (κ1) is 24.2. The van der Waals surface area contributed by atoms with E-state index in [1.165, 1.54) is 16.7 Å². The van der Waals surface area contributed by atoms with E-state index in [0.29, 0.717) is 38.0 Å². The van der Waals surface area contributed by atoms with Crippen LogP contribution in [0.2, 0.25) is 0 Å². The molecule has 5 N–H and O–H groups in total. The van der Waals surface area contributed by atoms with Gasteiger partial charge in [0.2, 0.25) is 17.7 Å². The van der Waals surface area contributed by atoms with Crippen molar-refractivity contribution in [2.24, 2.45) is 11.7 Å². The van der Waals surface area contributed by atoms with E-state index in [9.17, 15) is 24.3 Å². The van der Waals surface area contributed by atoms with Gasteiger partial charge in [-0.3, -0.25) is 14.4 Å². The number of rotatable bonds is 11. The Morgan fingerprint density at radius 1 is 1.29 bits per heavy atom. The number of thioether (sulfide) groups is 1. The van der Waals surface area contributed by atoms with Gasteiger partial charge in [0.15, 0.2) is 0 Å². The van der Waals surface area contributed by atoms with Crippen LogP contribution in [0.4, 0.5) is 0 Å². The van der Waals surface area contributed by atoms with Gasteiger partial charge in [-0.25, -0.2) is 4.79 Å². The summed E-state index contributed by atoms with van der Waals surface area (Å²) in [5, 5.41) is 14.3. The van der Waals surface area contributed by atoms with Crippen molar-refractivity contribution < 1.29 is 24.3 Å². The Morgan fingerprint density at radius 2 is 1.96 bits per heavy atom. The fraction of sp³-hybridized carbons (Fsp3) is 0.778. The summed E-state index contributed by atoms with van der Waals surface area (Å²) in [6, 6.07) is -2.38. The molecule has 0 bridgehead atoms. The summed E-state index contributed by atoms with van der Waals surface area (Å²) in [6.45, 7) is 4.07. The fourth-order valence-corrected chi connectivity index (χ4v) is 3.58. The molecule has 9 nitrogen and oxygen atoms in total. The van der Waals surface area contributed by atoms with E-state index in [-0.39, 0.29) is 18.4 Å². The molecular weight excluding hydrogens is 384 g/mol. The van der Waals surface area contributed by atoms with Gasteiger partial charge in [-0.15, -0.1) is 0 Å². The maximum atomic E-state index is 12.5. The molecule has 1 aliphatic rings. The zero-order valence-corrected chi connectivity index (χ0v) is 17.6. The number of amides is 3. The lowest BCUT2D eigenvalue weighted by molar-refractivity contribution is -0.144. The number of carboxylic acids is 1. The van der Waals surface area contributed by atoms with Crippen molar-refractivity contribution in [2.75, 3.05) is 25.1 Å². The minimum atomic E-state index is -1.09. The molecule has 3 amide bonds. The SMILES string of the molecule is CSCCC(NC(=O)C1CCCN1C(=O)CNC(=O)C(N)CC(C)C)C(=O)O. The number of nitrogens with two attached hydrogens (primary N) is 1. The Kier molecular flexibility index (Phi) is 10.3. The molecule has 0 saturated carbocycles. The molecular formula is C18H32N4O5S. The lowest BCUT2D eigenvalue weighted by Crippen LogP contribution is -2.53. The second kappa shape index (κ2) is 11.9. The van der Waals surface area contributed by atoms with E-state index in [1.807, 2.05) is 20.1 Å². The van der Waals surface area contributed by atoms with E-state index in [0.717, 1.165) is 0 Å². The molecule has 0 aromatic carbocycles. The summed E-state index contributed by atoms with van der Waals surface area (Å²) >= 11 is 1.50. The van der Waals surface area contributed by atoms with Gasteiger partial charge >= 0.3 is 5.97 Å². The Hall–Kier alpha value is -1.81. The van der Waals surface area contributed by atoms with Crippen molar-refractivity contribution in [3.63, 3.8) is 0 Å². The summed E-state index contributed by atoms with van der Waals surface area (Å²) < 4.78 is 0. The molecule has 1 heterocycles. The summed E-state index contributed by atoms with van der Waals surface area (Å²) in [4.78, 5) is 49.7. The van der Waals surface area contributed by atoms with Crippen LogP contribution in [0.25, 0.3) is 0 Å². The zero-order valence-electron chi connectivity index (χ0n) is 16.8. The molecule has 1 fully saturated rings. The van der Waals surface area contributed by atoms with Crippen molar-refractivity contribution in [3.8, 4) is 0 Å². The maximum absolute atomic E-state index is 12.5. The standard InChI is InChI=1S/C18H32N4O5S/c1-11(2)9-12(19)16(24)20-10-15(23)22-7-4-5-14(22)17(25)21-13(18(26)27)6-8-28-3/h11-14H,4-10,19H2,1-3H3,(H,20,24)(H,21,25)(H,26,27). The van der Waals surface area contributed by atoms with Crippen LogP contribution in [0.15, 0.2) is 0 Å². The van der Waals surface area contributed by atoms with Gasteiger partial charge in [-0.1, -0.05) is 13.8 Å². The summed E-state index contributed by atoms with van der Waals surface area (Å²) in [5.74, 6) is -1.47. The van der Waals surface area contributed by atoms with Crippen molar-refractivity contribution in [2.45, 2.75) is 57.7 Å². The number of nitrogens with zero attached hydrogens (tertiary/aromatic N) is 1. The van der Waals surface area contributed by atoms with Crippen LogP contribution in [0.5, 0.6) is 0 Å². The van der Waals surface area contributed by atoms with Gasteiger partial charge in [0.1, 0.15) is 12.1 Å². The van der Waals surface area contributed by atoms with Gasteiger partial charge in [0.25, 0.3) is 0 Å². The summed E-state index contributed by atoms with van der Waals surface area (Å²) in [5.41, 5.74) is 5.80. The quantitative estimate of drug-likeness (QED) is 0.365. The highest BCUT2D eigenvalue weighted by atomic mass is 32.2. The summed E-state index contributed by atoms with van der Waals surface area (Å²) in [6.07, 6.45) is 3.80. The first-order chi connectivity index (χ1) is 13.2. The molecule has 10 heteroatoms. The van der Waals surface area contributed by atoms with Gasteiger partial charge in [-0.2, -0.15) is 11.8 Å². The third-order valence-corrected chi connectivity index (χ3v) is 5.22. The molecule has 0 aliphatic carbocycles. The summed E-state index contributed by atoms with van der Waals surface area (Å²) in [7, 11) is 0. The van der Waals surface area contributed by atoms with Crippen molar-refractivity contribution in [1.29, 1.82) is 0 Å². The average Bonchev–Trinajstić information content (AvgIpc) is 3.11. The number of nitrogens with one attached hydrogen (secondary N) is 2. The van der Waals surface area contributed by atoms with Crippen LogP contribution in [-0.4, -0.2) is 76.9 Å². The van der Waals surface area contributed by atoms with Crippen molar-refractivity contribution in [3.05, 3.63) is 0 Å². The molecule has 0 spiro atoms. The average molecular weight is 417 g/mol. The second-order valence-corrected chi connectivity index (χ2v) is 8.37. The van der Waals surface area contributed by atoms with Crippen LogP contribution in [0.1, 0.15) is 39.5 Å². The first-order valence-electron chi connectivity index (χ1n) is 9.52. The fourth-order valence-electron chi connectivity index (χ4n) is 3.11. The molecule has 0 aromatic rings. The number of carbonyl (C=O) groups excluding carboxylic acids is 3. The zero-order chi connectivity index (χ0) is 21.3. The Balaban J connectivity index is 2.60. The number of hydrogen-bond donors (Lipinski definition) is 4. The van der Waals surface area contributed by atoms with Crippen molar-refractivity contribution in [1.82, 2.24) is 15.5 Å². The lowest BCUT2D eigenvalue weighted by Gasteiger charge is -2.26. The second-order valence-electron chi connectivity index (χ2n) is 7.38. The van der Waals surface area contributed by atoms with E-state index in [1.54, 1.807) is 0 Å². The van der Waals surface area contributed by atoms with Crippen LogP contribution in [-0.2, 0) is 19.2 Å². The predicted molar refractivity (Wildman–Crippen MR) is 108 cm³/mol. The molecule has 1 saturated heterocycles. The normalized spacial score (nSPS) is 18.6. The van der Waals surface area contributed by atoms with Gasteiger partial charge in [0.05, 0.1) is 12.6 Å². The number of likely N-dealkylation sites (tertiary alicyclic amines) is 1. The van der Waals surface area contributed by atoms with E-state index in [4.69, 9.17) is 5.73 Å². The minimum Gasteiger partial charge on any atom is -0.480 e. The van der Waals surface area contributed by atoms with Gasteiger partial charge < -0.3 is 26.4 Å². The topological polar surface area (TPSA) is 142 Å². The van der Waals surface area contributed by atoms with E-state index >= 15 is 0 Å². The molecule has 1 rings (SSSR count). The third-order valence-electron chi connectivity index (χ3n) is 4.58. The number of carbonyl (C=O) groups is 4. The highest BCUT2D eigenvalue weighted by Gasteiger charge is 2.35. The number of hydrogen-bond acceptors (Lipinski definition) is 6. The maximum Gasteiger partial charge on any atom is 0.326 e. The Morgan fingerprint density at radius 3 is 2.54 bits per heavy atom. The molecule has 28 heavy (non-hydrogen) atoms. The molecule has 160 valence electrons. The van der Waals surface area contributed by atoms with E-state index in [2.05, 4.69) is 10.6 Å². The number of aliphatic carboxylic acids is 1. The van der Waals surface area contributed by atoms with Crippen LogP contribution in [0, 0.1) is 5.92 Å². The van der Waals surface area contributed by atoms with Crippen LogP contribution < -0.4 is 16.4 Å². The van der Waals surface area contributed by atoms with Crippen LogP contribution >= 0.6 is 11.8 Å². The van der Waals surface area contributed by atoms with Gasteiger partial charge in [0, 0.05) is 6.54 Å². The lowest BCUT2D eigenvalue weighted by atomic mass is 10.0. The molecule has 0 radical (unpaired) electrons. The Bertz CT molecular complexity index is 572. The smallest absolute Gasteiger partial charge is 0.326 e. The van der Waals surface area contributed by atoms with Crippen molar-refractivity contribution >= 4 is 35.5 Å². The largest absolute Gasteiger partial charge is 0.480 e. The molecule has 1 aliphatic heterocycles. The highest BCUT2D eigenvalue weighted by Crippen LogP contribution is 2.18. The molecule has 3 unspecified atom stereocenters. The third kappa shape index (κ3) is 7.67. The highest BCUT2D eigenvalue weighted by molar-refractivity contribution is 7.98. The minimum absolute atomic E-state index is 0.233. The predicted octanol–water partition coefficient (Wildman–Crippen LogP) is -0.210. The van der Waals surface area contributed by atoms with Gasteiger partial charge in [-0.05, 0) is 43.6 Å². The van der Waals surface area contributed by atoms with E-state index < -0.39 is 35.9 Å². The molecule has 3 atom stereocenters. The monoisotopic (exact) mass is 416 g/mol. The first-order valence-corrected chi connectivity index (χ1v) is 10.9.